The van der Waals surface area contributed by atoms with Crippen LogP contribution >= 0.6 is 22.7 Å². The topological polar surface area (TPSA) is 35.6 Å². The third-order valence-corrected chi connectivity index (χ3v) is 15.7. The van der Waals surface area contributed by atoms with Gasteiger partial charge in [-0.05, 0) is 87.3 Å². The Labute approximate surface area is 373 Å². The maximum atomic E-state index is 5.80. The van der Waals surface area contributed by atoms with Gasteiger partial charge < -0.3 is 4.57 Å². The van der Waals surface area contributed by atoms with E-state index in [0.717, 1.165) is 49.5 Å². The van der Waals surface area contributed by atoms with Gasteiger partial charge in [0.25, 0.3) is 0 Å². The van der Waals surface area contributed by atoms with E-state index in [1.165, 1.54) is 90.1 Å². The van der Waals surface area contributed by atoms with Crippen LogP contribution in [-0.2, 0) is 0 Å². The summed E-state index contributed by atoms with van der Waals surface area (Å²) in [4.78, 5) is 12.4. The lowest BCUT2D eigenvalue weighted by Gasteiger charge is -2.14. The van der Waals surface area contributed by atoms with E-state index in [-0.39, 0.29) is 0 Å². The van der Waals surface area contributed by atoms with Crippen LogP contribution in [0, 0.1) is 0 Å². The SMILES string of the molecule is c1ccc(-c2ccc(-n3c4cccc5c6ccccc6c6cccc7c6c6c(c54)c3ccc6n7-c3nc4c(nc3-c3cccc5sc6ccccc6c35)sc3ccccc34)cc2)cc1. The van der Waals surface area contributed by atoms with Gasteiger partial charge in [-0.3, -0.25) is 4.57 Å². The third-order valence-electron chi connectivity index (χ3n) is 13.5. The van der Waals surface area contributed by atoms with Crippen LogP contribution in [-0.4, -0.2) is 19.1 Å². The molecule has 6 heteroatoms. The van der Waals surface area contributed by atoms with Crippen LogP contribution in [0.25, 0.3) is 140 Å². The van der Waals surface area contributed by atoms with Crippen molar-refractivity contribution in [1.29, 1.82) is 0 Å². The minimum atomic E-state index is 0.836. The minimum absolute atomic E-state index is 0.836. The van der Waals surface area contributed by atoms with Gasteiger partial charge in [-0.1, -0.05) is 140 Å². The van der Waals surface area contributed by atoms with E-state index >= 15 is 0 Å². The molecule has 15 rings (SSSR count). The van der Waals surface area contributed by atoms with E-state index in [4.69, 9.17) is 9.97 Å². The molecular weight excluding hydrogens is 817 g/mol. The van der Waals surface area contributed by atoms with Gasteiger partial charge in [-0.25, -0.2) is 9.97 Å². The summed E-state index contributed by atoms with van der Waals surface area (Å²) in [6.07, 6.45) is 0. The standard InChI is InChI=1S/C58H32N4S2/c1-2-13-33(14-3-1)34-27-29-35(30-28-34)61-43-22-10-19-38-36-15-4-5-16-37(36)39-20-11-23-44-52(39)54-46(32-31-45(61)53(54)51(38)43)62(44)57-55(60-58-56(59-57)41-18-7-9-25-48(41)64-58)42-21-12-26-49-50(42)40-17-6-8-24-47(40)63-49/h1-32H. The average Bonchev–Trinajstić information content (AvgIpc) is 4.11. The molecule has 5 heterocycles. The number of aromatic nitrogens is 4. The van der Waals surface area contributed by atoms with E-state index in [0.29, 0.717) is 0 Å². The highest BCUT2D eigenvalue weighted by Gasteiger charge is 2.27. The molecular formula is C58H32N4S2. The van der Waals surface area contributed by atoms with Gasteiger partial charge in [0.2, 0.25) is 0 Å². The van der Waals surface area contributed by atoms with Crippen molar-refractivity contribution < 1.29 is 0 Å². The summed E-state index contributed by atoms with van der Waals surface area (Å²) in [5.41, 5.74) is 11.0. The first-order chi connectivity index (χ1) is 31.8. The second-order valence-electron chi connectivity index (χ2n) is 16.8. The molecule has 0 amide bonds. The predicted molar refractivity (Wildman–Crippen MR) is 274 cm³/mol. The molecule has 4 nitrogen and oxygen atoms in total. The summed E-state index contributed by atoms with van der Waals surface area (Å²) in [7, 11) is 0. The normalized spacial score (nSPS) is 12.4. The minimum Gasteiger partial charge on any atom is -0.309 e. The van der Waals surface area contributed by atoms with Gasteiger partial charge in [-0.2, -0.15) is 0 Å². The van der Waals surface area contributed by atoms with Crippen molar-refractivity contribution in [2.75, 3.05) is 0 Å². The van der Waals surface area contributed by atoms with Gasteiger partial charge in [-0.15, -0.1) is 22.7 Å². The molecule has 0 radical (unpaired) electrons. The summed E-state index contributed by atoms with van der Waals surface area (Å²) in [5.74, 6) is 0.836. The zero-order chi connectivity index (χ0) is 41.6. The van der Waals surface area contributed by atoms with Gasteiger partial charge in [0, 0.05) is 63.1 Å². The molecule has 0 spiro atoms. The Morgan fingerprint density at radius 2 is 0.859 bits per heavy atom. The van der Waals surface area contributed by atoms with Crippen LogP contribution in [0.3, 0.4) is 0 Å². The first-order valence-corrected chi connectivity index (χ1v) is 23.3. The Bertz CT molecular complexity index is 4420. The zero-order valence-corrected chi connectivity index (χ0v) is 35.7. The van der Waals surface area contributed by atoms with Gasteiger partial charge in [0.05, 0.1) is 22.1 Å². The van der Waals surface area contributed by atoms with Crippen LogP contribution in [0.2, 0.25) is 0 Å². The fourth-order valence-corrected chi connectivity index (χ4v) is 13.0. The first-order valence-electron chi connectivity index (χ1n) is 21.7. The Morgan fingerprint density at radius 1 is 0.328 bits per heavy atom. The molecule has 15 aromatic rings. The van der Waals surface area contributed by atoms with E-state index in [2.05, 4.69) is 203 Å². The number of rotatable bonds is 4. The van der Waals surface area contributed by atoms with Crippen LogP contribution < -0.4 is 0 Å². The molecule has 64 heavy (non-hydrogen) atoms. The molecule has 0 atom stereocenters. The molecule has 0 saturated carbocycles. The molecule has 0 bridgehead atoms. The molecule has 0 saturated heterocycles. The number of benzene rings is 9. The number of hydrogen-bond donors (Lipinski definition) is 0. The molecule has 0 aliphatic carbocycles. The Balaban J connectivity index is 1.13. The summed E-state index contributed by atoms with van der Waals surface area (Å²) >= 11 is 3.56. The smallest absolute Gasteiger partial charge is 0.165 e. The maximum absolute atomic E-state index is 5.80. The molecule has 0 N–H and O–H groups in total. The summed E-state index contributed by atoms with van der Waals surface area (Å²) in [5, 5.41) is 13.5. The van der Waals surface area contributed by atoms with Gasteiger partial charge in [0.1, 0.15) is 16.0 Å². The van der Waals surface area contributed by atoms with E-state index in [1.807, 2.05) is 11.3 Å². The highest BCUT2D eigenvalue weighted by atomic mass is 32.1. The van der Waals surface area contributed by atoms with E-state index in [9.17, 15) is 0 Å². The van der Waals surface area contributed by atoms with E-state index in [1.54, 1.807) is 11.3 Å². The van der Waals surface area contributed by atoms with Crippen molar-refractivity contribution in [3.05, 3.63) is 194 Å². The quantitative estimate of drug-likeness (QED) is 0.177. The fraction of sp³-hybridized carbons (Fsp3) is 0. The van der Waals surface area contributed by atoms with Crippen molar-refractivity contribution in [2.24, 2.45) is 0 Å². The van der Waals surface area contributed by atoms with Crippen LogP contribution in [0.15, 0.2) is 194 Å². The second kappa shape index (κ2) is 12.8. The van der Waals surface area contributed by atoms with Gasteiger partial charge in [0.15, 0.2) is 5.82 Å². The molecule has 0 aliphatic heterocycles. The molecule has 296 valence electrons. The van der Waals surface area contributed by atoms with Crippen LogP contribution in [0.5, 0.6) is 0 Å². The predicted octanol–water partition coefficient (Wildman–Crippen LogP) is 16.5. The van der Waals surface area contributed by atoms with Crippen LogP contribution in [0.4, 0.5) is 0 Å². The molecule has 0 unspecified atom stereocenters. The molecule has 0 fully saturated rings. The van der Waals surface area contributed by atoms with Crippen molar-refractivity contribution >= 4 is 128 Å². The number of fused-ring (bicyclic) bond motifs is 9. The monoisotopic (exact) mass is 848 g/mol. The number of thiophene rings is 2. The van der Waals surface area contributed by atoms with Gasteiger partial charge >= 0.3 is 0 Å². The number of hydrogen-bond acceptors (Lipinski definition) is 4. The summed E-state index contributed by atoms with van der Waals surface area (Å²) in [6, 6.07) is 71.0. The Kier molecular flexibility index (Phi) is 6.95. The van der Waals surface area contributed by atoms with Crippen molar-refractivity contribution in [3.63, 3.8) is 0 Å². The highest BCUT2D eigenvalue weighted by molar-refractivity contribution is 7.26. The third kappa shape index (κ3) is 4.60. The zero-order valence-electron chi connectivity index (χ0n) is 34.1. The average molecular weight is 849 g/mol. The second-order valence-corrected chi connectivity index (χ2v) is 18.9. The van der Waals surface area contributed by atoms with Crippen molar-refractivity contribution in [1.82, 2.24) is 19.1 Å². The van der Waals surface area contributed by atoms with Crippen LogP contribution in [0.1, 0.15) is 0 Å². The Morgan fingerprint density at radius 3 is 1.58 bits per heavy atom. The van der Waals surface area contributed by atoms with Crippen molar-refractivity contribution in [3.8, 4) is 33.9 Å². The van der Waals surface area contributed by atoms with E-state index < -0.39 is 0 Å². The first kappa shape index (κ1) is 34.7. The Hall–Kier alpha value is -7.90. The maximum Gasteiger partial charge on any atom is 0.165 e. The highest BCUT2D eigenvalue weighted by Crippen LogP contribution is 2.49. The fourth-order valence-electron chi connectivity index (χ4n) is 10.9. The number of nitrogens with zero attached hydrogens (tertiary/aromatic N) is 4. The lowest BCUT2D eigenvalue weighted by molar-refractivity contribution is 1.09. The molecule has 10 aromatic carbocycles. The largest absolute Gasteiger partial charge is 0.309 e. The lowest BCUT2D eigenvalue weighted by atomic mass is 9.95. The molecule has 5 aromatic heterocycles. The summed E-state index contributed by atoms with van der Waals surface area (Å²) in [6.45, 7) is 0. The van der Waals surface area contributed by atoms with Crippen molar-refractivity contribution in [2.45, 2.75) is 0 Å². The lowest BCUT2D eigenvalue weighted by Crippen LogP contribution is -2.03. The summed E-state index contributed by atoms with van der Waals surface area (Å²) < 4.78 is 8.60. The molecule has 0 aliphatic rings.